The molecule has 1 heterocycles. The minimum Gasteiger partial charge on any atom is -0.444 e. The van der Waals surface area contributed by atoms with Gasteiger partial charge in [0.15, 0.2) is 0 Å². The first-order chi connectivity index (χ1) is 22.5. The van der Waals surface area contributed by atoms with Crippen molar-refractivity contribution in [3.8, 4) is 0 Å². The molecule has 2 atom stereocenters. The third-order valence-electron chi connectivity index (χ3n) is 6.50. The number of hydrogen-bond acceptors (Lipinski definition) is 10. The fraction of sp³-hybridized carbons (Fsp3) is 0.633. The molecule has 0 aromatic heterocycles. The molecule has 0 aromatic carbocycles. The Hall–Kier alpha value is -5.03. The first-order valence-electron chi connectivity index (χ1n) is 15.7. The molecule has 0 spiro atoms. The van der Waals surface area contributed by atoms with E-state index >= 15 is 0 Å². The number of primary amides is 1. The highest BCUT2D eigenvalue weighted by atomic mass is 16.6. The van der Waals surface area contributed by atoms with Crippen LogP contribution >= 0.6 is 0 Å². The molecule has 18 nitrogen and oxygen atoms in total. The van der Waals surface area contributed by atoms with Gasteiger partial charge in [-0.1, -0.05) is 6.42 Å². The number of nitrogens with one attached hydrogen (secondary N) is 6. The third-order valence-corrected chi connectivity index (χ3v) is 6.50. The number of carbonyl (C=O) groups excluding carboxylic acids is 9. The summed E-state index contributed by atoms with van der Waals surface area (Å²) in [5, 5.41) is 14.6. The Bertz CT molecular complexity index is 1210. The molecular weight excluding hydrogens is 632 g/mol. The fourth-order valence-electron chi connectivity index (χ4n) is 4.11. The summed E-state index contributed by atoms with van der Waals surface area (Å²) in [6, 6.07) is -2.01. The van der Waals surface area contributed by atoms with Gasteiger partial charge in [-0.2, -0.15) is 0 Å². The van der Waals surface area contributed by atoms with E-state index in [1.54, 1.807) is 20.8 Å². The predicted molar refractivity (Wildman–Crippen MR) is 170 cm³/mol. The van der Waals surface area contributed by atoms with Crippen LogP contribution in [0.3, 0.4) is 0 Å². The lowest BCUT2D eigenvalue weighted by molar-refractivity contribution is -0.137. The van der Waals surface area contributed by atoms with Gasteiger partial charge >= 0.3 is 6.09 Å². The summed E-state index contributed by atoms with van der Waals surface area (Å²) in [4.78, 5) is 109. The zero-order valence-corrected chi connectivity index (χ0v) is 27.9. The molecule has 18 heteroatoms. The number of hydrogen-bond donors (Lipinski definition) is 7. The normalized spacial score (nSPS) is 13.6. The van der Waals surface area contributed by atoms with Crippen LogP contribution in [-0.2, 0) is 43.1 Å². The summed E-state index contributed by atoms with van der Waals surface area (Å²) < 4.78 is 5.18. The van der Waals surface area contributed by atoms with Gasteiger partial charge in [0.2, 0.25) is 35.4 Å². The van der Waals surface area contributed by atoms with Crippen LogP contribution in [0.5, 0.6) is 0 Å². The van der Waals surface area contributed by atoms with E-state index in [0.29, 0.717) is 32.1 Å². The number of imide groups is 1. The van der Waals surface area contributed by atoms with Crippen molar-refractivity contribution >= 4 is 53.4 Å². The van der Waals surface area contributed by atoms with Crippen LogP contribution in [-0.4, -0.2) is 109 Å². The monoisotopic (exact) mass is 680 g/mol. The van der Waals surface area contributed by atoms with Crippen molar-refractivity contribution < 1.29 is 47.9 Å². The first kappa shape index (κ1) is 41.0. The maximum atomic E-state index is 12.9. The lowest BCUT2D eigenvalue weighted by Crippen LogP contribution is -2.51. The van der Waals surface area contributed by atoms with E-state index < -0.39 is 78.9 Å². The van der Waals surface area contributed by atoms with Crippen LogP contribution in [0.15, 0.2) is 12.2 Å². The largest absolute Gasteiger partial charge is 0.444 e. The minimum absolute atomic E-state index is 0.0820. The summed E-state index contributed by atoms with van der Waals surface area (Å²) in [6.07, 6.45) is 4.51. The quantitative estimate of drug-likeness (QED) is 0.0517. The van der Waals surface area contributed by atoms with Gasteiger partial charge in [0.25, 0.3) is 11.8 Å². The minimum atomic E-state index is -1.01. The van der Waals surface area contributed by atoms with Crippen LogP contribution in [0, 0.1) is 0 Å². The molecule has 0 saturated carbocycles. The zero-order chi connectivity index (χ0) is 36.3. The number of nitrogens with two attached hydrogens (primary N) is 1. The molecule has 0 saturated heterocycles. The average Bonchev–Trinajstić information content (AvgIpc) is 3.31. The molecular formula is C30H48N8O10. The van der Waals surface area contributed by atoms with Crippen molar-refractivity contribution in [3.05, 3.63) is 12.2 Å². The van der Waals surface area contributed by atoms with Crippen molar-refractivity contribution in [2.45, 2.75) is 90.3 Å². The summed E-state index contributed by atoms with van der Waals surface area (Å²) in [5.74, 6) is -4.60. The number of nitrogens with zero attached hydrogens (tertiary/aromatic N) is 1. The van der Waals surface area contributed by atoms with Crippen LogP contribution in [0.4, 0.5) is 4.79 Å². The number of rotatable bonds is 21. The van der Waals surface area contributed by atoms with Crippen molar-refractivity contribution in [2.75, 3.05) is 32.7 Å². The molecule has 268 valence electrons. The molecule has 48 heavy (non-hydrogen) atoms. The van der Waals surface area contributed by atoms with E-state index in [2.05, 4.69) is 31.9 Å². The van der Waals surface area contributed by atoms with E-state index in [-0.39, 0.29) is 37.7 Å². The Balaban J connectivity index is 2.55. The molecule has 9 amide bonds. The van der Waals surface area contributed by atoms with Crippen LogP contribution < -0.4 is 37.6 Å². The number of carbonyl (C=O) groups is 9. The molecule has 1 aliphatic rings. The van der Waals surface area contributed by atoms with Crippen LogP contribution in [0.25, 0.3) is 0 Å². The van der Waals surface area contributed by atoms with E-state index in [4.69, 9.17) is 10.5 Å². The van der Waals surface area contributed by atoms with E-state index in [1.807, 2.05) is 0 Å². The highest BCUT2D eigenvalue weighted by Crippen LogP contribution is 2.09. The van der Waals surface area contributed by atoms with Gasteiger partial charge in [0.1, 0.15) is 17.7 Å². The second-order valence-electron chi connectivity index (χ2n) is 12.0. The Morgan fingerprint density at radius 2 is 1.38 bits per heavy atom. The van der Waals surface area contributed by atoms with Crippen LogP contribution in [0.1, 0.15) is 72.6 Å². The molecule has 0 unspecified atom stereocenters. The molecule has 8 N–H and O–H groups in total. The average molecular weight is 681 g/mol. The van der Waals surface area contributed by atoms with Gasteiger partial charge in [-0.05, 0) is 59.8 Å². The van der Waals surface area contributed by atoms with Crippen molar-refractivity contribution in [3.63, 3.8) is 0 Å². The Morgan fingerprint density at radius 3 is 2.00 bits per heavy atom. The molecule has 1 aliphatic heterocycles. The first-order valence-corrected chi connectivity index (χ1v) is 15.7. The summed E-state index contributed by atoms with van der Waals surface area (Å²) >= 11 is 0. The van der Waals surface area contributed by atoms with Crippen molar-refractivity contribution in [1.29, 1.82) is 0 Å². The van der Waals surface area contributed by atoms with Gasteiger partial charge in [-0.3, -0.25) is 43.3 Å². The Kier molecular flexibility index (Phi) is 17.9. The van der Waals surface area contributed by atoms with Gasteiger partial charge in [-0.15, -0.1) is 0 Å². The van der Waals surface area contributed by atoms with E-state index in [1.165, 1.54) is 19.1 Å². The molecule has 0 radical (unpaired) electrons. The number of alkyl carbamates (subject to hydrolysis) is 1. The zero-order valence-electron chi connectivity index (χ0n) is 27.9. The van der Waals surface area contributed by atoms with E-state index in [0.717, 1.165) is 4.90 Å². The number of ether oxygens (including phenoxy) is 1. The van der Waals surface area contributed by atoms with Crippen molar-refractivity contribution in [2.24, 2.45) is 5.73 Å². The standard InChI is InChI=1S/C30H48N8O10/c1-19(27(45)34-16-21(31)39)36-24(42)18-33-23(41)17-35-28(46)20(10-7-8-14-32-29(47)48-30(2,3)4)37-22(40)11-6-5-9-15-38-25(43)12-13-26(38)44/h12-13,19-20H,5-11,14-18H2,1-4H3,(H2,31,39)(H,32,47)(H,33,41)(H,34,45)(H,35,46)(H,36,42)(H,37,40)/t19-,20-/m0/s1. The maximum Gasteiger partial charge on any atom is 0.407 e. The lowest BCUT2D eigenvalue weighted by Gasteiger charge is -2.20. The predicted octanol–water partition coefficient (Wildman–Crippen LogP) is -2.01. The highest BCUT2D eigenvalue weighted by molar-refractivity contribution is 6.12. The Morgan fingerprint density at radius 1 is 0.750 bits per heavy atom. The molecule has 0 fully saturated rings. The molecule has 0 bridgehead atoms. The molecule has 0 aliphatic carbocycles. The van der Waals surface area contributed by atoms with Gasteiger partial charge in [-0.25, -0.2) is 4.79 Å². The molecule has 0 aromatic rings. The highest BCUT2D eigenvalue weighted by Gasteiger charge is 2.24. The summed E-state index contributed by atoms with van der Waals surface area (Å²) in [7, 11) is 0. The number of unbranched alkanes of at least 4 members (excludes halogenated alkanes) is 3. The van der Waals surface area contributed by atoms with Gasteiger partial charge in [0.05, 0.1) is 19.6 Å². The lowest BCUT2D eigenvalue weighted by atomic mass is 10.1. The summed E-state index contributed by atoms with van der Waals surface area (Å²) in [6.45, 7) is 5.68. The smallest absolute Gasteiger partial charge is 0.407 e. The fourth-order valence-corrected chi connectivity index (χ4v) is 4.11. The third kappa shape index (κ3) is 18.2. The number of amides is 9. The second-order valence-corrected chi connectivity index (χ2v) is 12.0. The maximum absolute atomic E-state index is 12.9. The summed E-state index contributed by atoms with van der Waals surface area (Å²) in [5.41, 5.74) is 4.30. The van der Waals surface area contributed by atoms with Crippen LogP contribution in [0.2, 0.25) is 0 Å². The second kappa shape index (κ2) is 21.0. The molecule has 1 rings (SSSR count). The Labute approximate surface area is 279 Å². The SMILES string of the molecule is C[C@H](NC(=O)CNC(=O)CNC(=O)[C@H](CCCCNC(=O)OC(C)(C)C)NC(=O)CCCCCN1C(=O)C=CC1=O)C(=O)NCC(N)=O. The van der Waals surface area contributed by atoms with Gasteiger partial charge < -0.3 is 42.4 Å². The topological polar surface area (TPSA) is 264 Å². The van der Waals surface area contributed by atoms with E-state index in [9.17, 15) is 43.2 Å². The van der Waals surface area contributed by atoms with Gasteiger partial charge in [0, 0.05) is 31.7 Å². The van der Waals surface area contributed by atoms with Crippen molar-refractivity contribution in [1.82, 2.24) is 36.8 Å².